The molecule has 106 valence electrons. The van der Waals surface area contributed by atoms with E-state index in [1.807, 2.05) is 37.9 Å². The van der Waals surface area contributed by atoms with Gasteiger partial charge in [-0.05, 0) is 18.6 Å². The molecule has 1 aliphatic rings. The molecule has 1 unspecified atom stereocenters. The minimum atomic E-state index is 0.0656. The first-order chi connectivity index (χ1) is 9.58. The van der Waals surface area contributed by atoms with Gasteiger partial charge in [-0.15, -0.1) is 0 Å². The first-order valence-corrected chi connectivity index (χ1v) is 7.14. The lowest BCUT2D eigenvalue weighted by atomic mass is 10.1. The molecule has 5 nitrogen and oxygen atoms in total. The van der Waals surface area contributed by atoms with Crippen LogP contribution in [0.4, 0.5) is 0 Å². The molecule has 1 aliphatic heterocycles. The molecule has 1 amide bonds. The molecule has 0 bridgehead atoms. The van der Waals surface area contributed by atoms with Gasteiger partial charge in [0.2, 0.25) is 5.91 Å². The van der Waals surface area contributed by atoms with E-state index in [4.69, 9.17) is 4.98 Å². The molecule has 0 saturated carbocycles. The fourth-order valence-corrected chi connectivity index (χ4v) is 2.94. The van der Waals surface area contributed by atoms with Crippen LogP contribution in [0.5, 0.6) is 0 Å². The zero-order chi connectivity index (χ0) is 14.3. The van der Waals surface area contributed by atoms with Crippen molar-refractivity contribution in [2.75, 3.05) is 13.1 Å². The molecule has 20 heavy (non-hydrogen) atoms. The summed E-state index contributed by atoms with van der Waals surface area (Å²) in [6.07, 6.45) is 2.77. The van der Waals surface area contributed by atoms with Crippen molar-refractivity contribution in [1.82, 2.24) is 19.4 Å². The predicted molar refractivity (Wildman–Crippen MR) is 77.3 cm³/mol. The van der Waals surface area contributed by atoms with Gasteiger partial charge in [-0.25, -0.2) is 9.97 Å². The Hall–Kier alpha value is -1.91. The van der Waals surface area contributed by atoms with E-state index >= 15 is 0 Å². The fraction of sp³-hybridized carbons (Fsp3) is 0.533. The summed E-state index contributed by atoms with van der Waals surface area (Å²) in [5.41, 5.74) is 1.84. The van der Waals surface area contributed by atoms with Gasteiger partial charge in [0.05, 0.1) is 0 Å². The highest BCUT2D eigenvalue weighted by Crippen LogP contribution is 2.28. The van der Waals surface area contributed by atoms with E-state index < -0.39 is 0 Å². The van der Waals surface area contributed by atoms with Crippen LogP contribution in [-0.2, 0) is 11.8 Å². The van der Waals surface area contributed by atoms with Crippen molar-refractivity contribution in [2.45, 2.75) is 26.2 Å². The summed E-state index contributed by atoms with van der Waals surface area (Å²) >= 11 is 0. The summed E-state index contributed by atoms with van der Waals surface area (Å²) in [7, 11) is 2.00. The van der Waals surface area contributed by atoms with Gasteiger partial charge in [0.25, 0.3) is 0 Å². The fourth-order valence-electron chi connectivity index (χ4n) is 2.94. The number of likely N-dealkylation sites (tertiary alicyclic amines) is 1. The van der Waals surface area contributed by atoms with E-state index in [0.29, 0.717) is 5.92 Å². The zero-order valence-electron chi connectivity index (χ0n) is 12.2. The number of carbonyl (C=O) groups excluding carboxylic acids is 1. The van der Waals surface area contributed by atoms with Crippen LogP contribution < -0.4 is 0 Å². The molecule has 3 heterocycles. The van der Waals surface area contributed by atoms with Gasteiger partial charge in [0.1, 0.15) is 11.3 Å². The van der Waals surface area contributed by atoms with E-state index in [2.05, 4.69) is 9.55 Å². The van der Waals surface area contributed by atoms with Crippen molar-refractivity contribution in [2.24, 2.45) is 13.0 Å². The third-order valence-electron chi connectivity index (χ3n) is 4.02. The highest BCUT2D eigenvalue weighted by atomic mass is 16.2. The quantitative estimate of drug-likeness (QED) is 0.839. The molecule has 1 saturated heterocycles. The van der Waals surface area contributed by atoms with Crippen LogP contribution in [0.2, 0.25) is 0 Å². The topological polar surface area (TPSA) is 51.0 Å². The third kappa shape index (κ3) is 2.07. The molecule has 0 aliphatic carbocycles. The number of hydrogen-bond acceptors (Lipinski definition) is 3. The molecule has 0 radical (unpaired) electrons. The van der Waals surface area contributed by atoms with Crippen LogP contribution >= 0.6 is 0 Å². The maximum atomic E-state index is 12.1. The van der Waals surface area contributed by atoms with E-state index in [0.717, 1.165) is 36.5 Å². The molecule has 0 aromatic carbocycles. The third-order valence-corrected chi connectivity index (χ3v) is 4.02. The second kappa shape index (κ2) is 4.89. The largest absolute Gasteiger partial charge is 0.342 e. The summed E-state index contributed by atoms with van der Waals surface area (Å²) in [6.45, 7) is 5.51. The van der Waals surface area contributed by atoms with Crippen LogP contribution in [0.1, 0.15) is 32.0 Å². The summed E-state index contributed by atoms with van der Waals surface area (Å²) < 4.78 is 2.06. The van der Waals surface area contributed by atoms with Crippen molar-refractivity contribution in [3.63, 3.8) is 0 Å². The minimum absolute atomic E-state index is 0.0656. The molecule has 2 aromatic heterocycles. The number of rotatable bonds is 2. The van der Waals surface area contributed by atoms with Gasteiger partial charge in [-0.1, -0.05) is 13.8 Å². The number of fused-ring (bicyclic) bond motifs is 1. The lowest BCUT2D eigenvalue weighted by molar-refractivity contribution is -0.133. The number of aromatic nitrogens is 3. The maximum Gasteiger partial charge on any atom is 0.225 e. The normalized spacial score (nSPS) is 19.2. The smallest absolute Gasteiger partial charge is 0.225 e. The number of pyridine rings is 1. The monoisotopic (exact) mass is 272 g/mol. The Morgan fingerprint density at radius 3 is 2.95 bits per heavy atom. The average molecular weight is 272 g/mol. The van der Waals surface area contributed by atoms with Gasteiger partial charge in [-0.3, -0.25) is 4.79 Å². The van der Waals surface area contributed by atoms with Crippen LogP contribution in [0, 0.1) is 5.92 Å². The van der Waals surface area contributed by atoms with Crippen molar-refractivity contribution < 1.29 is 4.79 Å². The SMILES string of the molecule is CC(C)C(=O)N1CCC(c2nc3cccnc3n2C)C1. The first-order valence-electron chi connectivity index (χ1n) is 7.14. The number of imidazole rings is 1. The highest BCUT2D eigenvalue weighted by molar-refractivity contribution is 5.78. The Morgan fingerprint density at radius 1 is 1.45 bits per heavy atom. The Bertz CT molecular complexity index is 646. The first kappa shape index (κ1) is 13.1. The molecule has 5 heteroatoms. The molecule has 1 atom stereocenters. The molecular formula is C15H20N4O. The number of hydrogen-bond donors (Lipinski definition) is 0. The maximum absolute atomic E-state index is 12.1. The molecule has 1 fully saturated rings. The Balaban J connectivity index is 1.86. The lowest BCUT2D eigenvalue weighted by Gasteiger charge is -2.18. The molecule has 0 N–H and O–H groups in total. The van der Waals surface area contributed by atoms with E-state index in [-0.39, 0.29) is 11.8 Å². The van der Waals surface area contributed by atoms with E-state index in [1.165, 1.54) is 0 Å². The predicted octanol–water partition coefficient (Wildman–Crippen LogP) is 1.94. The van der Waals surface area contributed by atoms with Crippen LogP contribution in [0.25, 0.3) is 11.2 Å². The molecular weight excluding hydrogens is 252 g/mol. The molecule has 2 aromatic rings. The Kier molecular flexibility index (Phi) is 3.20. The second-order valence-corrected chi connectivity index (χ2v) is 5.80. The summed E-state index contributed by atoms with van der Waals surface area (Å²) in [4.78, 5) is 23.1. The van der Waals surface area contributed by atoms with Crippen molar-refractivity contribution in [3.8, 4) is 0 Å². The Morgan fingerprint density at radius 2 is 2.25 bits per heavy atom. The van der Waals surface area contributed by atoms with Gasteiger partial charge in [0, 0.05) is 38.2 Å². The van der Waals surface area contributed by atoms with Gasteiger partial charge in [0.15, 0.2) is 5.65 Å². The van der Waals surface area contributed by atoms with Crippen LogP contribution in [0.3, 0.4) is 0 Å². The van der Waals surface area contributed by atoms with Gasteiger partial charge >= 0.3 is 0 Å². The lowest BCUT2D eigenvalue weighted by Crippen LogP contribution is -2.32. The second-order valence-electron chi connectivity index (χ2n) is 5.80. The van der Waals surface area contributed by atoms with Gasteiger partial charge < -0.3 is 9.47 Å². The van der Waals surface area contributed by atoms with Crippen molar-refractivity contribution in [3.05, 3.63) is 24.2 Å². The summed E-state index contributed by atoms with van der Waals surface area (Å²) in [6, 6.07) is 3.89. The van der Waals surface area contributed by atoms with Crippen molar-refractivity contribution in [1.29, 1.82) is 0 Å². The summed E-state index contributed by atoms with van der Waals surface area (Å²) in [5.74, 6) is 1.66. The van der Waals surface area contributed by atoms with Crippen LogP contribution in [0.15, 0.2) is 18.3 Å². The number of amides is 1. The van der Waals surface area contributed by atoms with Crippen LogP contribution in [-0.4, -0.2) is 38.4 Å². The zero-order valence-corrected chi connectivity index (χ0v) is 12.2. The van der Waals surface area contributed by atoms with E-state index in [1.54, 1.807) is 6.20 Å². The number of nitrogens with zero attached hydrogens (tertiary/aromatic N) is 4. The van der Waals surface area contributed by atoms with Gasteiger partial charge in [-0.2, -0.15) is 0 Å². The standard InChI is InChI=1S/C15H20N4O/c1-10(2)15(20)19-8-6-11(9-19)13-17-12-5-4-7-16-14(12)18(13)3/h4-5,7,10-11H,6,8-9H2,1-3H3. The number of carbonyl (C=O) groups is 1. The minimum Gasteiger partial charge on any atom is -0.342 e. The number of aryl methyl sites for hydroxylation is 1. The molecule has 0 spiro atoms. The molecule has 3 rings (SSSR count). The average Bonchev–Trinajstić information content (AvgIpc) is 3.03. The van der Waals surface area contributed by atoms with E-state index in [9.17, 15) is 4.79 Å². The Labute approximate surface area is 118 Å². The highest BCUT2D eigenvalue weighted by Gasteiger charge is 2.31. The van der Waals surface area contributed by atoms with Crippen molar-refractivity contribution >= 4 is 17.1 Å². The summed E-state index contributed by atoms with van der Waals surface area (Å²) in [5, 5.41) is 0.